The van der Waals surface area contributed by atoms with Gasteiger partial charge in [0.2, 0.25) is 0 Å². The van der Waals surface area contributed by atoms with Crippen LogP contribution in [0.15, 0.2) is 18.2 Å². The van der Waals surface area contributed by atoms with E-state index in [0.29, 0.717) is 19.0 Å². The lowest BCUT2D eigenvalue weighted by Crippen LogP contribution is -2.30. The van der Waals surface area contributed by atoms with Gasteiger partial charge in [0.05, 0.1) is 6.61 Å². The van der Waals surface area contributed by atoms with E-state index in [1.807, 2.05) is 6.92 Å². The number of aliphatic hydroxyl groups is 1. The van der Waals surface area contributed by atoms with E-state index in [0.717, 1.165) is 31.6 Å². The van der Waals surface area contributed by atoms with Crippen molar-refractivity contribution in [3.8, 4) is 11.5 Å². The monoisotopic (exact) mass is 366 g/mol. The van der Waals surface area contributed by atoms with E-state index in [1.165, 1.54) is 24.6 Å². The summed E-state index contributed by atoms with van der Waals surface area (Å²) < 4.78 is 15.8. The highest BCUT2D eigenvalue weighted by Gasteiger charge is 2.27. The second kappa shape index (κ2) is 10.4. The van der Waals surface area contributed by atoms with Gasteiger partial charge in [0.15, 0.2) is 6.29 Å². The molecule has 1 aromatic rings. The maximum Gasteiger partial charge on any atom is 0.342 e. The van der Waals surface area contributed by atoms with Gasteiger partial charge in [0.1, 0.15) is 23.7 Å². The molecule has 0 spiro atoms. The van der Waals surface area contributed by atoms with Crippen LogP contribution in [0.25, 0.3) is 0 Å². The lowest BCUT2D eigenvalue weighted by Gasteiger charge is -2.31. The van der Waals surface area contributed by atoms with Gasteiger partial charge in [-0.05, 0) is 56.7 Å². The van der Waals surface area contributed by atoms with Gasteiger partial charge in [-0.1, -0.05) is 13.3 Å². The minimum absolute atomic E-state index is 0.0147. The maximum atomic E-state index is 12.1. The third kappa shape index (κ3) is 5.88. The molecular formula is C20H30O6. The summed E-state index contributed by atoms with van der Waals surface area (Å²) in [6.07, 6.45) is 4.34. The zero-order valence-corrected chi connectivity index (χ0v) is 15.6. The van der Waals surface area contributed by atoms with Crippen molar-refractivity contribution in [1.29, 1.82) is 0 Å². The van der Waals surface area contributed by atoms with Crippen LogP contribution in [0.3, 0.4) is 0 Å². The first-order chi connectivity index (χ1) is 12.5. The average molecular weight is 366 g/mol. The first kappa shape index (κ1) is 20.5. The van der Waals surface area contributed by atoms with Crippen molar-refractivity contribution in [2.75, 3.05) is 19.8 Å². The largest absolute Gasteiger partial charge is 0.507 e. The predicted octanol–water partition coefficient (Wildman–Crippen LogP) is 3.50. The van der Waals surface area contributed by atoms with E-state index >= 15 is 0 Å². The van der Waals surface area contributed by atoms with Crippen LogP contribution in [0.5, 0.6) is 11.5 Å². The van der Waals surface area contributed by atoms with Gasteiger partial charge >= 0.3 is 5.97 Å². The van der Waals surface area contributed by atoms with Gasteiger partial charge < -0.3 is 24.4 Å². The van der Waals surface area contributed by atoms with Crippen LogP contribution in [-0.4, -0.2) is 42.3 Å². The van der Waals surface area contributed by atoms with E-state index in [9.17, 15) is 15.0 Å². The van der Waals surface area contributed by atoms with E-state index in [2.05, 4.69) is 6.92 Å². The van der Waals surface area contributed by atoms with Gasteiger partial charge in [0, 0.05) is 12.5 Å². The van der Waals surface area contributed by atoms with Crippen LogP contribution in [0, 0.1) is 11.8 Å². The summed E-state index contributed by atoms with van der Waals surface area (Å²) >= 11 is 0. The fourth-order valence-corrected chi connectivity index (χ4v) is 3.28. The molecule has 146 valence electrons. The van der Waals surface area contributed by atoms with E-state index in [1.54, 1.807) is 0 Å². The Hall–Kier alpha value is -1.79. The molecule has 0 radical (unpaired) electrons. The van der Waals surface area contributed by atoms with Crippen molar-refractivity contribution in [1.82, 2.24) is 0 Å². The number of aromatic hydroxyl groups is 1. The molecule has 6 heteroatoms. The van der Waals surface area contributed by atoms with Crippen LogP contribution < -0.4 is 4.74 Å². The average Bonchev–Trinajstić information content (AvgIpc) is 2.66. The number of hydrogen-bond donors (Lipinski definition) is 2. The first-order valence-electron chi connectivity index (χ1n) is 9.47. The smallest absolute Gasteiger partial charge is 0.342 e. The molecule has 1 aliphatic rings. The summed E-state index contributed by atoms with van der Waals surface area (Å²) in [6, 6.07) is 4.31. The molecule has 1 aromatic carbocycles. The summed E-state index contributed by atoms with van der Waals surface area (Å²) in [6.45, 7) is 5.01. The van der Waals surface area contributed by atoms with Crippen molar-refractivity contribution in [2.45, 2.75) is 52.2 Å². The number of carbonyl (C=O) groups is 1. The molecule has 1 fully saturated rings. The van der Waals surface area contributed by atoms with Crippen LogP contribution in [0.2, 0.25) is 0 Å². The van der Waals surface area contributed by atoms with Gasteiger partial charge in [0.25, 0.3) is 0 Å². The molecule has 26 heavy (non-hydrogen) atoms. The number of carbonyl (C=O) groups excluding carboxylic acids is 1. The maximum absolute atomic E-state index is 12.1. The first-order valence-corrected chi connectivity index (χ1v) is 9.47. The predicted molar refractivity (Wildman–Crippen MR) is 97.3 cm³/mol. The highest BCUT2D eigenvalue weighted by molar-refractivity contribution is 5.92. The Bertz CT molecular complexity index is 565. The molecule has 0 aromatic heterocycles. The zero-order valence-electron chi connectivity index (χ0n) is 15.6. The molecule has 0 aliphatic heterocycles. The number of phenolic OH excluding ortho intramolecular Hbond substituents is 1. The van der Waals surface area contributed by atoms with Crippen LogP contribution in [-0.2, 0) is 9.47 Å². The number of ether oxygens (including phenoxy) is 3. The Kier molecular flexibility index (Phi) is 8.19. The normalized spacial score (nSPS) is 21.2. The van der Waals surface area contributed by atoms with Crippen molar-refractivity contribution in [2.24, 2.45) is 11.8 Å². The second-order valence-corrected chi connectivity index (χ2v) is 6.71. The van der Waals surface area contributed by atoms with Crippen LogP contribution in [0.4, 0.5) is 0 Å². The van der Waals surface area contributed by atoms with Gasteiger partial charge in [-0.3, -0.25) is 0 Å². The molecule has 0 heterocycles. The summed E-state index contributed by atoms with van der Waals surface area (Å²) in [7, 11) is 0. The van der Waals surface area contributed by atoms with E-state index in [4.69, 9.17) is 14.2 Å². The van der Waals surface area contributed by atoms with Crippen LogP contribution in [0.1, 0.15) is 56.3 Å². The molecular weight excluding hydrogens is 336 g/mol. The molecule has 1 aliphatic carbocycles. The molecule has 6 nitrogen and oxygen atoms in total. The topological polar surface area (TPSA) is 85.2 Å². The molecule has 0 saturated heterocycles. The molecule has 1 atom stereocenters. The lowest BCUT2D eigenvalue weighted by atomic mass is 9.80. The van der Waals surface area contributed by atoms with Crippen molar-refractivity contribution in [3.05, 3.63) is 23.8 Å². The molecule has 2 rings (SSSR count). The minimum atomic E-state index is -0.917. The number of hydrogen-bond acceptors (Lipinski definition) is 6. The van der Waals surface area contributed by atoms with Gasteiger partial charge in [-0.2, -0.15) is 0 Å². The molecule has 0 amide bonds. The zero-order chi connectivity index (χ0) is 18.9. The Morgan fingerprint density at radius 1 is 1.19 bits per heavy atom. The van der Waals surface area contributed by atoms with Crippen molar-refractivity contribution >= 4 is 5.97 Å². The Morgan fingerprint density at radius 2 is 1.92 bits per heavy atom. The van der Waals surface area contributed by atoms with E-state index < -0.39 is 12.3 Å². The Balaban J connectivity index is 1.92. The number of rotatable bonds is 9. The number of esters is 1. The van der Waals surface area contributed by atoms with E-state index in [-0.39, 0.29) is 23.8 Å². The standard InChI is InChI=1S/C20H30O6/c1-3-14-5-7-15(8-6-14)19(22)26-16-9-10-18(21)17(13-16)20(23)25-12-11-24-4-2/h9-10,13-15,19,21-22H,3-8,11-12H2,1-2H3/t14?,15?,19-/m1/s1. The Labute approximate surface area is 155 Å². The minimum Gasteiger partial charge on any atom is -0.507 e. The van der Waals surface area contributed by atoms with Gasteiger partial charge in [-0.25, -0.2) is 4.79 Å². The van der Waals surface area contributed by atoms with Crippen LogP contribution >= 0.6 is 0 Å². The summed E-state index contributed by atoms with van der Waals surface area (Å²) in [5, 5.41) is 20.3. The fraction of sp³-hybridized carbons (Fsp3) is 0.650. The summed E-state index contributed by atoms with van der Waals surface area (Å²) in [5.74, 6) is 0.338. The number of benzene rings is 1. The third-order valence-electron chi connectivity index (χ3n) is 4.98. The Morgan fingerprint density at radius 3 is 2.58 bits per heavy atom. The second-order valence-electron chi connectivity index (χ2n) is 6.71. The quantitative estimate of drug-likeness (QED) is 0.395. The SMILES string of the molecule is CCOCCOC(=O)c1cc(O[C@@H](O)C2CCC(CC)CC2)ccc1O. The molecule has 1 saturated carbocycles. The number of aliphatic hydroxyl groups excluding tert-OH is 1. The highest BCUT2D eigenvalue weighted by atomic mass is 16.6. The van der Waals surface area contributed by atoms with Gasteiger partial charge in [-0.15, -0.1) is 0 Å². The number of phenols is 1. The third-order valence-corrected chi connectivity index (χ3v) is 4.98. The molecule has 0 unspecified atom stereocenters. The summed E-state index contributed by atoms with van der Waals surface area (Å²) in [4.78, 5) is 12.1. The van der Waals surface area contributed by atoms with Crippen molar-refractivity contribution < 1.29 is 29.2 Å². The molecule has 2 N–H and O–H groups in total. The fourth-order valence-electron chi connectivity index (χ4n) is 3.28. The summed E-state index contributed by atoms with van der Waals surface area (Å²) in [5.41, 5.74) is 0.0147. The lowest BCUT2D eigenvalue weighted by molar-refractivity contribution is -0.0760. The highest BCUT2D eigenvalue weighted by Crippen LogP contribution is 2.33. The van der Waals surface area contributed by atoms with Crippen molar-refractivity contribution in [3.63, 3.8) is 0 Å². The molecule has 0 bridgehead atoms.